The molecule has 0 bridgehead atoms. The highest BCUT2D eigenvalue weighted by atomic mass is 19.4. The van der Waals surface area contributed by atoms with Crippen molar-refractivity contribution in [3.63, 3.8) is 0 Å². The number of alkyl halides is 3. The standard InChI is InChI=1S/C17H16F5N5O2/c1-23-14-10(17(20,21)22)8-24-16(26-14)25-11-3-2-9(12(18)13(11)19)15(28)27-4-6-29-7-5-27/h2-3,8H,4-7H2,1H3,(H2,23,24,25,26). The van der Waals surface area contributed by atoms with Gasteiger partial charge in [-0.05, 0) is 12.1 Å². The van der Waals surface area contributed by atoms with Gasteiger partial charge < -0.3 is 20.3 Å². The fourth-order valence-electron chi connectivity index (χ4n) is 2.71. The molecule has 3 rings (SSSR count). The number of amides is 1. The van der Waals surface area contributed by atoms with E-state index in [0.717, 1.165) is 12.1 Å². The van der Waals surface area contributed by atoms with Gasteiger partial charge in [-0.2, -0.15) is 18.2 Å². The number of benzene rings is 1. The lowest BCUT2D eigenvalue weighted by molar-refractivity contribution is -0.137. The summed E-state index contributed by atoms with van der Waals surface area (Å²) in [6, 6.07) is 2.17. The molecule has 2 N–H and O–H groups in total. The Morgan fingerprint density at radius 3 is 2.48 bits per heavy atom. The maximum atomic E-state index is 14.4. The molecule has 0 radical (unpaired) electrons. The van der Waals surface area contributed by atoms with Crippen LogP contribution in [0.2, 0.25) is 0 Å². The van der Waals surface area contributed by atoms with Crippen molar-refractivity contribution in [2.75, 3.05) is 44.0 Å². The van der Waals surface area contributed by atoms with Gasteiger partial charge >= 0.3 is 6.18 Å². The minimum absolute atomic E-state index is 0.256. The monoisotopic (exact) mass is 417 g/mol. The maximum Gasteiger partial charge on any atom is 0.421 e. The van der Waals surface area contributed by atoms with Crippen molar-refractivity contribution >= 4 is 23.4 Å². The molecule has 1 saturated heterocycles. The smallest absolute Gasteiger partial charge is 0.378 e. The lowest BCUT2D eigenvalue weighted by Gasteiger charge is -2.27. The molecule has 0 saturated carbocycles. The number of ether oxygens (including phenoxy) is 1. The minimum atomic E-state index is -4.68. The second-order valence-corrected chi connectivity index (χ2v) is 6.02. The van der Waals surface area contributed by atoms with Gasteiger partial charge in [-0.15, -0.1) is 0 Å². The molecule has 1 aromatic carbocycles. The summed E-state index contributed by atoms with van der Waals surface area (Å²) in [5, 5.41) is 4.60. The molecule has 29 heavy (non-hydrogen) atoms. The van der Waals surface area contributed by atoms with Crippen LogP contribution >= 0.6 is 0 Å². The van der Waals surface area contributed by atoms with E-state index in [1.807, 2.05) is 0 Å². The number of hydrogen-bond acceptors (Lipinski definition) is 6. The summed E-state index contributed by atoms with van der Waals surface area (Å²) < 4.78 is 72.7. The first-order valence-electron chi connectivity index (χ1n) is 8.46. The third kappa shape index (κ3) is 4.36. The first kappa shape index (κ1) is 20.7. The van der Waals surface area contributed by atoms with Gasteiger partial charge in [0.1, 0.15) is 11.4 Å². The Morgan fingerprint density at radius 1 is 1.17 bits per heavy atom. The van der Waals surface area contributed by atoms with Crippen LogP contribution in [0.1, 0.15) is 15.9 Å². The van der Waals surface area contributed by atoms with Crippen molar-refractivity contribution in [1.29, 1.82) is 0 Å². The topological polar surface area (TPSA) is 79.4 Å². The van der Waals surface area contributed by atoms with E-state index in [-0.39, 0.29) is 19.0 Å². The van der Waals surface area contributed by atoms with Crippen molar-refractivity contribution in [2.45, 2.75) is 6.18 Å². The minimum Gasteiger partial charge on any atom is -0.378 e. The summed E-state index contributed by atoms with van der Waals surface area (Å²) in [7, 11) is 1.23. The largest absolute Gasteiger partial charge is 0.421 e. The molecule has 12 heteroatoms. The lowest BCUT2D eigenvalue weighted by Crippen LogP contribution is -2.41. The number of hydrogen-bond donors (Lipinski definition) is 2. The summed E-state index contributed by atoms with van der Waals surface area (Å²) >= 11 is 0. The van der Waals surface area contributed by atoms with E-state index >= 15 is 0 Å². The van der Waals surface area contributed by atoms with Crippen LogP contribution in [0.25, 0.3) is 0 Å². The van der Waals surface area contributed by atoms with Gasteiger partial charge in [-0.3, -0.25) is 4.79 Å². The predicted octanol–water partition coefficient (Wildman–Crippen LogP) is 3.03. The fourth-order valence-corrected chi connectivity index (χ4v) is 2.71. The third-order valence-corrected chi connectivity index (χ3v) is 4.19. The molecule has 1 amide bonds. The molecule has 7 nitrogen and oxygen atoms in total. The van der Waals surface area contributed by atoms with E-state index < -0.39 is 46.4 Å². The van der Waals surface area contributed by atoms with Crippen LogP contribution in [0.3, 0.4) is 0 Å². The van der Waals surface area contributed by atoms with Crippen LogP contribution in [0.15, 0.2) is 18.3 Å². The van der Waals surface area contributed by atoms with Gasteiger partial charge in [0.05, 0.1) is 24.5 Å². The highest BCUT2D eigenvalue weighted by Gasteiger charge is 2.35. The van der Waals surface area contributed by atoms with Gasteiger partial charge in [0, 0.05) is 26.3 Å². The van der Waals surface area contributed by atoms with E-state index in [1.54, 1.807) is 0 Å². The van der Waals surface area contributed by atoms with Crippen LogP contribution in [0.5, 0.6) is 0 Å². The average Bonchev–Trinajstić information content (AvgIpc) is 2.71. The average molecular weight is 417 g/mol. The number of carbonyl (C=O) groups is 1. The van der Waals surface area contributed by atoms with Gasteiger partial charge in [-0.25, -0.2) is 13.8 Å². The Balaban J connectivity index is 1.85. The van der Waals surface area contributed by atoms with E-state index in [0.29, 0.717) is 19.4 Å². The summed E-state index contributed by atoms with van der Waals surface area (Å²) in [4.78, 5) is 20.8. The Bertz CT molecular complexity index is 916. The first-order valence-corrected chi connectivity index (χ1v) is 8.46. The Hall–Kier alpha value is -3.02. The van der Waals surface area contributed by atoms with E-state index in [4.69, 9.17) is 4.74 Å². The van der Waals surface area contributed by atoms with Crippen LogP contribution < -0.4 is 10.6 Å². The molecule has 0 spiro atoms. The zero-order valence-electron chi connectivity index (χ0n) is 15.1. The number of nitrogens with one attached hydrogen (secondary N) is 2. The Labute approximate surface area is 161 Å². The molecule has 2 heterocycles. The maximum absolute atomic E-state index is 14.4. The highest BCUT2D eigenvalue weighted by molar-refractivity contribution is 5.95. The summed E-state index contributed by atoms with van der Waals surface area (Å²) in [6.07, 6.45) is -4.17. The van der Waals surface area contributed by atoms with Crippen molar-refractivity contribution in [1.82, 2.24) is 14.9 Å². The van der Waals surface area contributed by atoms with Gasteiger partial charge in [0.25, 0.3) is 5.91 Å². The molecule has 2 aromatic rings. The Morgan fingerprint density at radius 2 is 1.86 bits per heavy atom. The second kappa shape index (κ2) is 8.15. The SMILES string of the molecule is CNc1nc(Nc2ccc(C(=O)N3CCOCC3)c(F)c2F)ncc1C(F)(F)F. The predicted molar refractivity (Wildman–Crippen MR) is 92.9 cm³/mol. The number of carbonyl (C=O) groups excluding carboxylic acids is 1. The van der Waals surface area contributed by atoms with Crippen molar-refractivity contribution in [2.24, 2.45) is 0 Å². The van der Waals surface area contributed by atoms with E-state index in [9.17, 15) is 26.7 Å². The molecule has 0 aliphatic carbocycles. The van der Waals surface area contributed by atoms with Gasteiger partial charge in [0.2, 0.25) is 5.95 Å². The second-order valence-electron chi connectivity index (χ2n) is 6.02. The van der Waals surface area contributed by atoms with Crippen molar-refractivity contribution in [3.8, 4) is 0 Å². The summed E-state index contributed by atoms with van der Waals surface area (Å²) in [6.45, 7) is 1.11. The van der Waals surface area contributed by atoms with Crippen LogP contribution in [-0.4, -0.2) is 54.1 Å². The van der Waals surface area contributed by atoms with Gasteiger partial charge in [0.15, 0.2) is 11.6 Å². The van der Waals surface area contributed by atoms with Crippen LogP contribution in [0, 0.1) is 11.6 Å². The normalized spacial score (nSPS) is 14.6. The number of morpholine rings is 1. The molecule has 0 atom stereocenters. The van der Waals surface area contributed by atoms with Crippen molar-refractivity contribution in [3.05, 3.63) is 41.1 Å². The highest BCUT2D eigenvalue weighted by Crippen LogP contribution is 2.34. The van der Waals surface area contributed by atoms with E-state index in [2.05, 4.69) is 20.6 Å². The quantitative estimate of drug-likeness (QED) is 0.745. The summed E-state index contributed by atoms with van der Waals surface area (Å²) in [5.74, 6) is -4.35. The molecule has 1 fully saturated rings. The number of anilines is 3. The molecular weight excluding hydrogens is 401 g/mol. The molecule has 156 valence electrons. The first-order chi connectivity index (χ1) is 13.7. The number of nitrogens with zero attached hydrogens (tertiary/aromatic N) is 3. The van der Waals surface area contributed by atoms with Crippen molar-refractivity contribution < 1.29 is 31.5 Å². The zero-order valence-corrected chi connectivity index (χ0v) is 15.1. The van der Waals surface area contributed by atoms with Crippen LogP contribution in [0.4, 0.5) is 39.4 Å². The zero-order chi connectivity index (χ0) is 21.2. The number of rotatable bonds is 4. The molecular formula is C17H16F5N5O2. The number of aromatic nitrogens is 2. The molecule has 1 aliphatic rings. The van der Waals surface area contributed by atoms with Gasteiger partial charge in [-0.1, -0.05) is 0 Å². The number of halogens is 5. The lowest BCUT2D eigenvalue weighted by atomic mass is 10.1. The molecule has 1 aromatic heterocycles. The Kier molecular flexibility index (Phi) is 5.82. The third-order valence-electron chi connectivity index (χ3n) is 4.19. The molecule has 1 aliphatic heterocycles. The van der Waals surface area contributed by atoms with Crippen LogP contribution in [-0.2, 0) is 10.9 Å². The summed E-state index contributed by atoms with van der Waals surface area (Å²) in [5.41, 5.74) is -1.99. The fraction of sp³-hybridized carbons (Fsp3) is 0.353. The van der Waals surface area contributed by atoms with E-state index in [1.165, 1.54) is 11.9 Å². The molecule has 0 unspecified atom stereocenters.